The molecule has 2 N–H and O–H groups in total. The van der Waals surface area contributed by atoms with Gasteiger partial charge in [-0.2, -0.15) is 13.2 Å². The standard InChI is InChI=1S/C16H19F3N4O2/c1-11-3-4-12(14(7-11)24-10-16(17,18)19)8-21-15(20-2)22-9-13-5-6-25-23-13/h3-7H,8-10H2,1-2H3,(H2,20,21,22). The highest BCUT2D eigenvalue weighted by molar-refractivity contribution is 5.79. The number of hydrogen-bond donors (Lipinski definition) is 2. The zero-order valence-corrected chi connectivity index (χ0v) is 13.9. The van der Waals surface area contributed by atoms with Crippen LogP contribution in [0.4, 0.5) is 13.2 Å². The molecule has 0 radical (unpaired) electrons. The average Bonchev–Trinajstić information content (AvgIpc) is 3.07. The van der Waals surface area contributed by atoms with Crippen LogP contribution in [0.25, 0.3) is 0 Å². The predicted molar refractivity (Wildman–Crippen MR) is 86.3 cm³/mol. The highest BCUT2D eigenvalue weighted by Gasteiger charge is 2.28. The van der Waals surface area contributed by atoms with Gasteiger partial charge in [-0.3, -0.25) is 4.99 Å². The Kier molecular flexibility index (Phi) is 6.26. The summed E-state index contributed by atoms with van der Waals surface area (Å²) in [5.41, 5.74) is 2.11. The van der Waals surface area contributed by atoms with E-state index in [0.717, 1.165) is 5.56 Å². The van der Waals surface area contributed by atoms with E-state index in [-0.39, 0.29) is 12.3 Å². The maximum atomic E-state index is 12.4. The minimum atomic E-state index is -4.39. The molecule has 1 heterocycles. The van der Waals surface area contributed by atoms with Gasteiger partial charge >= 0.3 is 6.18 Å². The summed E-state index contributed by atoms with van der Waals surface area (Å²) in [6.07, 6.45) is -2.92. The Balaban J connectivity index is 1.96. The molecule has 0 atom stereocenters. The highest BCUT2D eigenvalue weighted by atomic mass is 19.4. The van der Waals surface area contributed by atoms with Gasteiger partial charge in [0.25, 0.3) is 0 Å². The predicted octanol–water partition coefficient (Wildman–Crippen LogP) is 2.79. The van der Waals surface area contributed by atoms with Crippen LogP contribution in [0.5, 0.6) is 5.75 Å². The van der Waals surface area contributed by atoms with Gasteiger partial charge in [0.05, 0.1) is 6.54 Å². The second-order valence-electron chi connectivity index (χ2n) is 5.29. The molecule has 1 aromatic carbocycles. The third-order valence-corrected chi connectivity index (χ3v) is 3.21. The van der Waals surface area contributed by atoms with Gasteiger partial charge in [-0.05, 0) is 18.6 Å². The van der Waals surface area contributed by atoms with Gasteiger partial charge in [0.1, 0.15) is 17.7 Å². The van der Waals surface area contributed by atoms with Crippen molar-refractivity contribution in [3.05, 3.63) is 47.3 Å². The van der Waals surface area contributed by atoms with Crippen LogP contribution in [0.2, 0.25) is 0 Å². The molecule has 0 aliphatic heterocycles. The zero-order chi connectivity index (χ0) is 18.3. The molecule has 1 aromatic heterocycles. The zero-order valence-electron chi connectivity index (χ0n) is 13.9. The molecule has 0 aliphatic carbocycles. The molecule has 0 saturated heterocycles. The Labute approximate surface area is 143 Å². The number of nitrogens with one attached hydrogen (secondary N) is 2. The number of benzene rings is 1. The molecule has 0 amide bonds. The van der Waals surface area contributed by atoms with E-state index in [0.29, 0.717) is 23.8 Å². The number of guanidine groups is 1. The van der Waals surface area contributed by atoms with Crippen LogP contribution in [0.3, 0.4) is 0 Å². The number of aryl methyl sites for hydroxylation is 1. The molecule has 0 fully saturated rings. The largest absolute Gasteiger partial charge is 0.484 e. The molecule has 25 heavy (non-hydrogen) atoms. The lowest BCUT2D eigenvalue weighted by Gasteiger charge is -2.16. The Bertz CT molecular complexity index is 700. The average molecular weight is 356 g/mol. The van der Waals surface area contributed by atoms with Crippen LogP contribution in [-0.2, 0) is 13.1 Å². The number of alkyl halides is 3. The quantitative estimate of drug-likeness (QED) is 0.615. The molecule has 0 saturated carbocycles. The van der Waals surface area contributed by atoms with E-state index in [9.17, 15) is 13.2 Å². The maximum absolute atomic E-state index is 12.4. The van der Waals surface area contributed by atoms with E-state index in [1.165, 1.54) is 6.26 Å². The minimum absolute atomic E-state index is 0.191. The van der Waals surface area contributed by atoms with Crippen molar-refractivity contribution < 1.29 is 22.4 Å². The summed E-state index contributed by atoms with van der Waals surface area (Å²) in [5.74, 6) is 0.669. The number of ether oxygens (including phenoxy) is 1. The van der Waals surface area contributed by atoms with E-state index in [2.05, 4.69) is 20.8 Å². The first-order chi connectivity index (χ1) is 11.9. The van der Waals surface area contributed by atoms with E-state index in [1.54, 1.807) is 32.2 Å². The topological polar surface area (TPSA) is 71.7 Å². The summed E-state index contributed by atoms with van der Waals surface area (Å²) in [7, 11) is 1.59. The van der Waals surface area contributed by atoms with E-state index < -0.39 is 12.8 Å². The van der Waals surface area contributed by atoms with E-state index >= 15 is 0 Å². The monoisotopic (exact) mass is 356 g/mol. The number of hydrogen-bond acceptors (Lipinski definition) is 4. The van der Waals surface area contributed by atoms with Crippen LogP contribution in [-0.4, -0.2) is 30.9 Å². The Morgan fingerprint density at radius 2 is 2.00 bits per heavy atom. The van der Waals surface area contributed by atoms with Crippen LogP contribution >= 0.6 is 0 Å². The van der Waals surface area contributed by atoms with Crippen molar-refractivity contribution in [2.24, 2.45) is 4.99 Å². The van der Waals surface area contributed by atoms with Crippen molar-refractivity contribution in [2.75, 3.05) is 13.7 Å². The van der Waals surface area contributed by atoms with Crippen molar-refractivity contribution in [2.45, 2.75) is 26.2 Å². The van der Waals surface area contributed by atoms with Gasteiger partial charge in [-0.1, -0.05) is 17.3 Å². The number of halogens is 3. The molecule has 0 unspecified atom stereocenters. The summed E-state index contributed by atoms with van der Waals surface area (Å²) in [5, 5.41) is 9.81. The first-order valence-electron chi connectivity index (χ1n) is 7.50. The van der Waals surface area contributed by atoms with Crippen molar-refractivity contribution >= 4 is 5.96 Å². The van der Waals surface area contributed by atoms with Crippen LogP contribution in [0.1, 0.15) is 16.8 Å². The summed E-state index contributed by atoms with van der Waals surface area (Å²) in [6.45, 7) is 1.12. The number of aliphatic imine (C=N–C) groups is 1. The van der Waals surface area contributed by atoms with Crippen molar-refractivity contribution in [1.82, 2.24) is 15.8 Å². The Hall–Kier alpha value is -2.71. The molecule has 136 valence electrons. The lowest BCUT2D eigenvalue weighted by atomic mass is 10.1. The summed E-state index contributed by atoms with van der Waals surface area (Å²) >= 11 is 0. The first kappa shape index (κ1) is 18.6. The molecule has 6 nitrogen and oxygen atoms in total. The lowest BCUT2D eigenvalue weighted by Crippen LogP contribution is -2.36. The Morgan fingerprint density at radius 1 is 1.24 bits per heavy atom. The van der Waals surface area contributed by atoms with Gasteiger partial charge in [0.2, 0.25) is 0 Å². The summed E-state index contributed by atoms with van der Waals surface area (Å²) in [4.78, 5) is 4.05. The normalized spacial score (nSPS) is 12.1. The molecule has 2 rings (SSSR count). The number of nitrogens with zero attached hydrogens (tertiary/aromatic N) is 2. The van der Waals surface area contributed by atoms with Crippen LogP contribution < -0.4 is 15.4 Å². The van der Waals surface area contributed by atoms with Crippen molar-refractivity contribution in [1.29, 1.82) is 0 Å². The molecule has 0 bridgehead atoms. The minimum Gasteiger partial charge on any atom is -0.484 e. The third-order valence-electron chi connectivity index (χ3n) is 3.21. The van der Waals surface area contributed by atoms with E-state index in [4.69, 9.17) is 9.26 Å². The van der Waals surface area contributed by atoms with Crippen molar-refractivity contribution in [3.8, 4) is 5.75 Å². The van der Waals surface area contributed by atoms with Gasteiger partial charge in [0, 0.05) is 25.2 Å². The number of rotatable bonds is 6. The second-order valence-corrected chi connectivity index (χ2v) is 5.29. The molecule has 9 heteroatoms. The smallest absolute Gasteiger partial charge is 0.422 e. The van der Waals surface area contributed by atoms with Gasteiger partial charge in [-0.15, -0.1) is 0 Å². The third kappa shape index (κ3) is 6.36. The van der Waals surface area contributed by atoms with Crippen molar-refractivity contribution in [3.63, 3.8) is 0 Å². The molecule has 2 aromatic rings. The SMILES string of the molecule is CN=C(NCc1ccon1)NCc1ccc(C)cc1OCC(F)(F)F. The summed E-state index contributed by atoms with van der Waals surface area (Å²) < 4.78 is 46.8. The molecule has 0 aliphatic rings. The highest BCUT2D eigenvalue weighted by Crippen LogP contribution is 2.23. The summed E-state index contributed by atoms with van der Waals surface area (Å²) in [6, 6.07) is 6.82. The Morgan fingerprint density at radius 3 is 2.64 bits per heavy atom. The fraction of sp³-hybridized carbons (Fsp3) is 0.375. The van der Waals surface area contributed by atoms with E-state index in [1.807, 2.05) is 6.07 Å². The fourth-order valence-electron chi connectivity index (χ4n) is 2.00. The lowest BCUT2D eigenvalue weighted by molar-refractivity contribution is -0.153. The van der Waals surface area contributed by atoms with Gasteiger partial charge in [-0.25, -0.2) is 0 Å². The van der Waals surface area contributed by atoms with Crippen LogP contribution in [0, 0.1) is 6.92 Å². The first-order valence-corrected chi connectivity index (χ1v) is 7.50. The van der Waals surface area contributed by atoms with Gasteiger partial charge in [0.15, 0.2) is 12.6 Å². The fourth-order valence-corrected chi connectivity index (χ4v) is 2.00. The molecular weight excluding hydrogens is 337 g/mol. The molecular formula is C16H19F3N4O2. The maximum Gasteiger partial charge on any atom is 0.422 e. The second kappa shape index (κ2) is 8.41. The molecule has 0 spiro atoms. The van der Waals surface area contributed by atoms with Crippen LogP contribution in [0.15, 0.2) is 40.0 Å². The van der Waals surface area contributed by atoms with Gasteiger partial charge < -0.3 is 19.9 Å². The number of aromatic nitrogens is 1.